The fraction of sp³-hybridized carbons (Fsp3) is 0.647. The van der Waals surface area contributed by atoms with E-state index in [0.717, 1.165) is 29.8 Å². The van der Waals surface area contributed by atoms with E-state index in [1.54, 1.807) is 11.8 Å². The van der Waals surface area contributed by atoms with Crippen molar-refractivity contribution in [2.75, 3.05) is 19.3 Å². The van der Waals surface area contributed by atoms with Crippen molar-refractivity contribution in [2.24, 2.45) is 0 Å². The number of rotatable bonds is 3. The van der Waals surface area contributed by atoms with E-state index in [2.05, 4.69) is 44.0 Å². The summed E-state index contributed by atoms with van der Waals surface area (Å²) in [6.07, 6.45) is 3.91. The van der Waals surface area contributed by atoms with Gasteiger partial charge in [-0.1, -0.05) is 19.1 Å². The Morgan fingerprint density at radius 1 is 1.40 bits per heavy atom. The van der Waals surface area contributed by atoms with Crippen molar-refractivity contribution in [1.29, 1.82) is 0 Å². The Hall–Kier alpha value is -0.540. The van der Waals surface area contributed by atoms with E-state index >= 15 is 4.39 Å². The SMILES string of the molecule is CCc1ccc2c(c1)[C@](F)(CC1(C)CCCN1C)CS2. The zero-order valence-corrected chi connectivity index (χ0v) is 13.5. The zero-order chi connectivity index (χ0) is 14.4. The first-order chi connectivity index (χ1) is 9.47. The number of nitrogens with zero attached hydrogens (tertiary/aromatic N) is 1. The van der Waals surface area contributed by atoms with Crippen LogP contribution in [0.15, 0.2) is 23.1 Å². The number of alkyl halides is 1. The number of benzene rings is 1. The van der Waals surface area contributed by atoms with E-state index in [-0.39, 0.29) is 5.54 Å². The van der Waals surface area contributed by atoms with Crippen LogP contribution in [0.3, 0.4) is 0 Å². The molecule has 1 aromatic carbocycles. The van der Waals surface area contributed by atoms with Crippen molar-refractivity contribution in [3.05, 3.63) is 29.3 Å². The van der Waals surface area contributed by atoms with Gasteiger partial charge in [0.1, 0.15) is 5.67 Å². The normalized spacial score (nSPS) is 33.6. The van der Waals surface area contributed by atoms with Gasteiger partial charge in [-0.3, -0.25) is 0 Å². The summed E-state index contributed by atoms with van der Waals surface area (Å²) < 4.78 is 15.6. The average molecular weight is 293 g/mol. The van der Waals surface area contributed by atoms with Crippen LogP contribution < -0.4 is 0 Å². The quantitative estimate of drug-likeness (QED) is 0.813. The van der Waals surface area contributed by atoms with E-state index in [0.29, 0.717) is 12.2 Å². The molecule has 3 rings (SSSR count). The molecule has 1 aromatic rings. The highest BCUT2D eigenvalue weighted by Gasteiger charge is 2.47. The molecule has 2 atom stereocenters. The van der Waals surface area contributed by atoms with Crippen LogP contribution in [-0.4, -0.2) is 29.8 Å². The molecular formula is C17H24FNS. The van der Waals surface area contributed by atoms with Gasteiger partial charge in [0.15, 0.2) is 0 Å². The minimum Gasteiger partial charge on any atom is -0.301 e. The Kier molecular flexibility index (Phi) is 3.62. The van der Waals surface area contributed by atoms with E-state index in [1.807, 2.05) is 0 Å². The number of likely N-dealkylation sites (tertiary alicyclic amines) is 1. The number of thioether (sulfide) groups is 1. The Balaban J connectivity index is 1.91. The molecule has 2 heterocycles. The standard InChI is InChI=1S/C17H24FNS/c1-4-13-6-7-15-14(10-13)17(18,12-20-15)11-16(2)8-5-9-19(16)3/h6-7,10H,4-5,8-9,11-12H2,1-3H3/t16?,17-/m0/s1. The summed E-state index contributed by atoms with van der Waals surface area (Å²) in [6.45, 7) is 5.46. The molecule has 0 aliphatic carbocycles. The van der Waals surface area contributed by atoms with Crippen molar-refractivity contribution in [2.45, 2.75) is 55.6 Å². The van der Waals surface area contributed by atoms with Gasteiger partial charge in [-0.15, -0.1) is 11.8 Å². The minimum absolute atomic E-state index is 0.0130. The molecular weight excluding hydrogens is 269 g/mol. The van der Waals surface area contributed by atoms with Crippen LogP contribution >= 0.6 is 11.8 Å². The second-order valence-electron chi connectivity index (χ2n) is 6.64. The molecule has 0 spiro atoms. The molecule has 1 saturated heterocycles. The summed E-state index contributed by atoms with van der Waals surface area (Å²) in [5.74, 6) is 0.582. The summed E-state index contributed by atoms with van der Waals surface area (Å²) in [5.41, 5.74) is 1.05. The molecule has 0 saturated carbocycles. The number of fused-ring (bicyclic) bond motifs is 1. The highest BCUT2D eigenvalue weighted by atomic mass is 32.2. The van der Waals surface area contributed by atoms with Crippen LogP contribution in [0.2, 0.25) is 0 Å². The van der Waals surface area contributed by atoms with Gasteiger partial charge >= 0.3 is 0 Å². The highest BCUT2D eigenvalue weighted by molar-refractivity contribution is 7.99. The third kappa shape index (κ3) is 2.29. The summed E-state index contributed by atoms with van der Waals surface area (Å²) in [6, 6.07) is 6.36. The van der Waals surface area contributed by atoms with Gasteiger partial charge in [-0.25, -0.2) is 4.39 Å². The number of halogens is 1. The van der Waals surface area contributed by atoms with Gasteiger partial charge in [-0.2, -0.15) is 0 Å². The van der Waals surface area contributed by atoms with Gasteiger partial charge in [0, 0.05) is 28.2 Å². The lowest BCUT2D eigenvalue weighted by Crippen LogP contribution is -2.43. The van der Waals surface area contributed by atoms with Gasteiger partial charge in [0.05, 0.1) is 0 Å². The minimum atomic E-state index is -1.15. The predicted molar refractivity (Wildman–Crippen MR) is 84.2 cm³/mol. The maximum Gasteiger partial charge on any atom is 0.148 e. The van der Waals surface area contributed by atoms with E-state index in [9.17, 15) is 0 Å². The molecule has 0 aromatic heterocycles. The summed E-state index contributed by atoms with van der Waals surface area (Å²) >= 11 is 1.68. The summed E-state index contributed by atoms with van der Waals surface area (Å²) in [4.78, 5) is 3.50. The Labute approximate surface area is 125 Å². The van der Waals surface area contributed by atoms with Crippen molar-refractivity contribution < 1.29 is 4.39 Å². The Bertz CT molecular complexity index is 518. The van der Waals surface area contributed by atoms with Crippen molar-refractivity contribution >= 4 is 11.8 Å². The largest absolute Gasteiger partial charge is 0.301 e. The first-order valence-electron chi connectivity index (χ1n) is 7.63. The molecule has 0 N–H and O–H groups in total. The molecule has 1 fully saturated rings. The summed E-state index contributed by atoms with van der Waals surface area (Å²) in [5, 5.41) is 0. The zero-order valence-electron chi connectivity index (χ0n) is 12.7. The maximum absolute atomic E-state index is 15.6. The molecule has 0 bridgehead atoms. The van der Waals surface area contributed by atoms with Crippen molar-refractivity contribution in [3.63, 3.8) is 0 Å². The lowest BCUT2D eigenvalue weighted by atomic mass is 9.81. The third-order valence-corrected chi connectivity index (χ3v) is 6.45. The van der Waals surface area contributed by atoms with E-state index < -0.39 is 5.67 Å². The van der Waals surface area contributed by atoms with Crippen LogP contribution in [0.5, 0.6) is 0 Å². The van der Waals surface area contributed by atoms with Gasteiger partial charge in [-0.05, 0) is 51.4 Å². The molecule has 0 radical (unpaired) electrons. The Morgan fingerprint density at radius 3 is 2.85 bits per heavy atom. The number of aryl methyl sites for hydroxylation is 1. The maximum atomic E-state index is 15.6. The Morgan fingerprint density at radius 2 is 2.20 bits per heavy atom. The molecule has 1 nitrogen and oxygen atoms in total. The van der Waals surface area contributed by atoms with Gasteiger partial charge in [0.2, 0.25) is 0 Å². The molecule has 2 aliphatic heterocycles. The lowest BCUT2D eigenvalue weighted by molar-refractivity contribution is 0.0780. The topological polar surface area (TPSA) is 3.24 Å². The fourth-order valence-corrected chi connectivity index (χ4v) is 4.88. The molecule has 110 valence electrons. The number of hydrogen-bond donors (Lipinski definition) is 0. The monoisotopic (exact) mass is 293 g/mol. The van der Waals surface area contributed by atoms with Gasteiger partial charge in [0.25, 0.3) is 0 Å². The molecule has 3 heteroatoms. The van der Waals surface area contributed by atoms with E-state index in [4.69, 9.17) is 0 Å². The average Bonchev–Trinajstić information content (AvgIpc) is 2.91. The molecule has 20 heavy (non-hydrogen) atoms. The van der Waals surface area contributed by atoms with Crippen LogP contribution in [0.1, 0.15) is 44.2 Å². The van der Waals surface area contributed by atoms with Crippen molar-refractivity contribution in [3.8, 4) is 0 Å². The second kappa shape index (κ2) is 5.03. The first kappa shape index (κ1) is 14.4. The molecule has 0 amide bonds. The predicted octanol–water partition coefficient (Wildman–Crippen LogP) is 4.39. The lowest BCUT2D eigenvalue weighted by Gasteiger charge is -2.37. The number of hydrogen-bond acceptors (Lipinski definition) is 2. The smallest absolute Gasteiger partial charge is 0.148 e. The van der Waals surface area contributed by atoms with Crippen LogP contribution in [0, 0.1) is 0 Å². The summed E-state index contributed by atoms with van der Waals surface area (Å²) in [7, 11) is 2.14. The van der Waals surface area contributed by atoms with Crippen molar-refractivity contribution in [1.82, 2.24) is 4.90 Å². The van der Waals surface area contributed by atoms with E-state index in [1.165, 1.54) is 12.0 Å². The third-order valence-electron chi connectivity index (χ3n) is 5.18. The molecule has 2 aliphatic rings. The van der Waals surface area contributed by atoms with Crippen LogP contribution in [0.4, 0.5) is 4.39 Å². The second-order valence-corrected chi connectivity index (χ2v) is 7.65. The molecule has 1 unspecified atom stereocenters. The fourth-order valence-electron chi connectivity index (χ4n) is 3.67. The first-order valence-corrected chi connectivity index (χ1v) is 8.62. The van der Waals surface area contributed by atoms with Crippen LogP contribution in [0.25, 0.3) is 0 Å². The van der Waals surface area contributed by atoms with Gasteiger partial charge < -0.3 is 4.90 Å². The highest BCUT2D eigenvalue weighted by Crippen LogP contribution is 2.51. The van der Waals surface area contributed by atoms with Crippen LogP contribution in [-0.2, 0) is 12.1 Å².